The average Bonchev–Trinajstić information content (AvgIpc) is 2.36. The Balaban J connectivity index is 2.63. The second-order valence-electron chi connectivity index (χ2n) is 3.91. The number of ether oxygens (including phenoxy) is 1. The Kier molecular flexibility index (Phi) is 3.50. The fourth-order valence-corrected chi connectivity index (χ4v) is 1.81. The molecule has 19 heavy (non-hydrogen) atoms. The third-order valence-electron chi connectivity index (χ3n) is 2.65. The molecule has 3 nitrogen and oxygen atoms in total. The van der Waals surface area contributed by atoms with Crippen LogP contribution in [0.3, 0.4) is 0 Å². The van der Waals surface area contributed by atoms with E-state index < -0.39 is 11.9 Å². The van der Waals surface area contributed by atoms with Crippen LogP contribution in [0.15, 0.2) is 24.3 Å². The van der Waals surface area contributed by atoms with Gasteiger partial charge in [0.1, 0.15) is 11.4 Å². The summed E-state index contributed by atoms with van der Waals surface area (Å²) in [6.45, 7) is 2.34. The minimum absolute atomic E-state index is 0.280. The predicted molar refractivity (Wildman–Crippen MR) is 67.5 cm³/mol. The number of hydrogen-bond acceptors (Lipinski definition) is 3. The van der Waals surface area contributed by atoms with Crippen molar-refractivity contribution in [3.05, 3.63) is 30.0 Å². The van der Waals surface area contributed by atoms with Crippen LogP contribution in [0.1, 0.15) is 12.6 Å². The van der Waals surface area contributed by atoms with E-state index in [-0.39, 0.29) is 5.52 Å². The van der Waals surface area contributed by atoms with E-state index in [4.69, 9.17) is 4.74 Å². The van der Waals surface area contributed by atoms with Crippen LogP contribution in [0.5, 0.6) is 5.75 Å². The number of alkyl halides is 3. The van der Waals surface area contributed by atoms with E-state index in [1.807, 2.05) is 6.92 Å². The monoisotopic (exact) mass is 270 g/mol. The number of rotatable bonds is 3. The maximum atomic E-state index is 12.7. The number of pyridine rings is 1. The van der Waals surface area contributed by atoms with Crippen molar-refractivity contribution in [1.29, 1.82) is 0 Å². The molecule has 2 rings (SSSR count). The van der Waals surface area contributed by atoms with Gasteiger partial charge in [-0.05, 0) is 31.2 Å². The fraction of sp³-hybridized carbons (Fsp3) is 0.308. The van der Waals surface area contributed by atoms with Gasteiger partial charge in [-0.15, -0.1) is 0 Å². The smallest absolute Gasteiger partial charge is 0.433 e. The summed E-state index contributed by atoms with van der Waals surface area (Å²) in [5.41, 5.74) is -0.255. The van der Waals surface area contributed by atoms with E-state index >= 15 is 0 Å². The van der Waals surface area contributed by atoms with E-state index in [9.17, 15) is 13.2 Å². The summed E-state index contributed by atoms with van der Waals surface area (Å²) in [5, 5.41) is 3.35. The molecule has 0 atom stereocenters. The topological polar surface area (TPSA) is 34.1 Å². The highest BCUT2D eigenvalue weighted by Crippen LogP contribution is 2.34. The quantitative estimate of drug-likeness (QED) is 0.923. The molecular weight excluding hydrogens is 257 g/mol. The Morgan fingerprint density at radius 1 is 1.26 bits per heavy atom. The normalized spacial score (nSPS) is 11.6. The van der Waals surface area contributed by atoms with E-state index in [0.29, 0.717) is 23.4 Å². The lowest BCUT2D eigenvalue weighted by molar-refractivity contribution is -0.140. The summed E-state index contributed by atoms with van der Waals surface area (Å²) in [6.07, 6.45) is -4.46. The number of benzene rings is 1. The highest BCUT2D eigenvalue weighted by atomic mass is 19.4. The average molecular weight is 270 g/mol. The third-order valence-corrected chi connectivity index (χ3v) is 2.65. The molecule has 0 aliphatic heterocycles. The van der Waals surface area contributed by atoms with Gasteiger partial charge in [-0.25, -0.2) is 4.98 Å². The van der Waals surface area contributed by atoms with E-state index in [2.05, 4.69) is 10.3 Å². The summed E-state index contributed by atoms with van der Waals surface area (Å²) in [5.74, 6) is 0.605. The zero-order valence-electron chi connectivity index (χ0n) is 10.5. The maximum Gasteiger partial charge on any atom is 0.433 e. The first-order chi connectivity index (χ1) is 8.95. The van der Waals surface area contributed by atoms with Crippen molar-refractivity contribution in [2.45, 2.75) is 13.1 Å². The lowest BCUT2D eigenvalue weighted by Gasteiger charge is -2.12. The van der Waals surface area contributed by atoms with Crippen LogP contribution in [-0.4, -0.2) is 18.6 Å². The first kappa shape index (κ1) is 13.5. The van der Waals surface area contributed by atoms with Crippen molar-refractivity contribution in [3.63, 3.8) is 0 Å². The van der Waals surface area contributed by atoms with Crippen molar-refractivity contribution in [3.8, 4) is 5.75 Å². The highest BCUT2D eigenvalue weighted by Gasteiger charge is 2.33. The molecule has 1 N–H and O–H groups in total. The van der Waals surface area contributed by atoms with Crippen molar-refractivity contribution in [2.24, 2.45) is 0 Å². The molecule has 1 aromatic heterocycles. The molecule has 102 valence electrons. The molecule has 1 aromatic carbocycles. The van der Waals surface area contributed by atoms with E-state index in [0.717, 1.165) is 6.07 Å². The molecule has 6 heteroatoms. The Morgan fingerprint density at radius 3 is 2.58 bits per heavy atom. The number of hydrogen-bond donors (Lipinski definition) is 1. The minimum Gasteiger partial charge on any atom is -0.494 e. The lowest BCUT2D eigenvalue weighted by Crippen LogP contribution is -2.09. The van der Waals surface area contributed by atoms with Crippen LogP contribution in [-0.2, 0) is 6.18 Å². The van der Waals surface area contributed by atoms with Gasteiger partial charge in [-0.2, -0.15) is 13.2 Å². The van der Waals surface area contributed by atoms with Crippen molar-refractivity contribution in [2.75, 3.05) is 19.0 Å². The van der Waals surface area contributed by atoms with Gasteiger partial charge < -0.3 is 10.1 Å². The molecule has 0 bridgehead atoms. The zero-order chi connectivity index (χ0) is 14.0. The number of fused-ring (bicyclic) bond motifs is 1. The van der Waals surface area contributed by atoms with Gasteiger partial charge in [-0.1, -0.05) is 0 Å². The third kappa shape index (κ3) is 2.72. The highest BCUT2D eigenvalue weighted by molar-refractivity contribution is 5.92. The van der Waals surface area contributed by atoms with Crippen LogP contribution in [0.4, 0.5) is 18.9 Å². The molecule has 0 radical (unpaired) electrons. The van der Waals surface area contributed by atoms with E-state index in [1.54, 1.807) is 19.2 Å². The van der Waals surface area contributed by atoms with Gasteiger partial charge in [-0.3, -0.25) is 0 Å². The Hall–Kier alpha value is -1.98. The molecule has 0 saturated carbocycles. The van der Waals surface area contributed by atoms with Gasteiger partial charge in [0.05, 0.1) is 12.1 Å². The minimum atomic E-state index is -4.46. The summed E-state index contributed by atoms with van der Waals surface area (Å²) < 4.78 is 43.5. The molecule has 0 unspecified atom stereocenters. The molecule has 0 spiro atoms. The standard InChI is InChI=1S/C13H13F3N2O/c1-3-19-8-4-5-10-9(6-8)11(17-2)7-12(18-10)13(14,15)16/h4-7H,3H2,1-2H3,(H,17,18). The van der Waals surface area contributed by atoms with Crippen molar-refractivity contribution >= 4 is 16.6 Å². The second kappa shape index (κ2) is 4.95. The van der Waals surface area contributed by atoms with Crippen LogP contribution in [0.25, 0.3) is 10.9 Å². The molecule has 0 fully saturated rings. The van der Waals surface area contributed by atoms with E-state index in [1.165, 1.54) is 6.07 Å². The first-order valence-corrected chi connectivity index (χ1v) is 5.78. The molecule has 0 amide bonds. The fourth-order valence-electron chi connectivity index (χ4n) is 1.81. The number of aromatic nitrogens is 1. The summed E-state index contributed by atoms with van der Waals surface area (Å²) in [7, 11) is 1.57. The Labute approximate surface area is 108 Å². The molecule has 1 heterocycles. The SMILES string of the molecule is CCOc1ccc2nc(C(F)(F)F)cc(NC)c2c1. The van der Waals surface area contributed by atoms with Crippen LogP contribution in [0, 0.1) is 0 Å². The summed E-state index contributed by atoms with van der Waals surface area (Å²) in [6, 6.07) is 5.81. The number of anilines is 1. The predicted octanol–water partition coefficient (Wildman–Crippen LogP) is 3.69. The van der Waals surface area contributed by atoms with Gasteiger partial charge in [0.25, 0.3) is 0 Å². The van der Waals surface area contributed by atoms with Gasteiger partial charge in [0.2, 0.25) is 0 Å². The number of nitrogens with one attached hydrogen (secondary N) is 1. The van der Waals surface area contributed by atoms with Gasteiger partial charge in [0, 0.05) is 18.1 Å². The molecule has 0 aliphatic rings. The summed E-state index contributed by atoms with van der Waals surface area (Å²) >= 11 is 0. The number of nitrogens with zero attached hydrogens (tertiary/aromatic N) is 1. The van der Waals surface area contributed by atoms with Crippen LogP contribution >= 0.6 is 0 Å². The maximum absolute atomic E-state index is 12.7. The van der Waals surface area contributed by atoms with Crippen molar-refractivity contribution in [1.82, 2.24) is 4.98 Å². The molecule has 0 saturated heterocycles. The number of halogens is 3. The Morgan fingerprint density at radius 2 is 2.00 bits per heavy atom. The zero-order valence-corrected chi connectivity index (χ0v) is 10.5. The van der Waals surface area contributed by atoms with Crippen LogP contribution < -0.4 is 10.1 Å². The molecular formula is C13H13F3N2O. The lowest BCUT2D eigenvalue weighted by atomic mass is 10.1. The largest absolute Gasteiger partial charge is 0.494 e. The Bertz CT molecular complexity index is 596. The van der Waals surface area contributed by atoms with Gasteiger partial charge >= 0.3 is 6.18 Å². The molecule has 2 aromatic rings. The second-order valence-corrected chi connectivity index (χ2v) is 3.91. The first-order valence-electron chi connectivity index (χ1n) is 5.78. The van der Waals surface area contributed by atoms with Crippen LogP contribution in [0.2, 0.25) is 0 Å². The van der Waals surface area contributed by atoms with Crippen molar-refractivity contribution < 1.29 is 17.9 Å². The van der Waals surface area contributed by atoms with Gasteiger partial charge in [0.15, 0.2) is 0 Å². The molecule has 0 aliphatic carbocycles. The summed E-state index contributed by atoms with van der Waals surface area (Å²) in [4.78, 5) is 3.64.